The van der Waals surface area contributed by atoms with Crippen LogP contribution >= 0.6 is 11.6 Å². The highest BCUT2D eigenvalue weighted by molar-refractivity contribution is 6.32. The summed E-state index contributed by atoms with van der Waals surface area (Å²) >= 11 is 6.56. The molecule has 6 heteroatoms. The minimum atomic E-state index is 0.253. The highest BCUT2D eigenvalue weighted by Gasteiger charge is 2.18. The number of nitrogens with zero attached hydrogens (tertiary/aromatic N) is 5. The van der Waals surface area contributed by atoms with Crippen LogP contribution in [0.2, 0.25) is 5.15 Å². The molecule has 0 saturated carbocycles. The van der Waals surface area contributed by atoms with E-state index in [0.717, 1.165) is 32.9 Å². The zero-order valence-corrected chi connectivity index (χ0v) is 18.1. The van der Waals surface area contributed by atoms with Crippen molar-refractivity contribution in [1.29, 1.82) is 0 Å². The van der Waals surface area contributed by atoms with E-state index < -0.39 is 0 Å². The smallest absolute Gasteiger partial charge is 0.185 e. The zero-order valence-electron chi connectivity index (χ0n) is 17.4. The molecule has 0 amide bonds. The van der Waals surface area contributed by atoms with Crippen LogP contribution in [0.5, 0.6) is 0 Å². The van der Waals surface area contributed by atoms with E-state index in [0.29, 0.717) is 23.2 Å². The van der Waals surface area contributed by atoms with E-state index >= 15 is 0 Å². The molecule has 0 radical (unpaired) electrons. The van der Waals surface area contributed by atoms with Crippen molar-refractivity contribution < 1.29 is 0 Å². The largest absolute Gasteiger partial charge is 0.240 e. The monoisotopic (exact) mass is 445 g/mol. The summed E-state index contributed by atoms with van der Waals surface area (Å²) in [6, 6.07) is 31.7. The summed E-state index contributed by atoms with van der Waals surface area (Å²) in [5, 5.41) is 2.43. The predicted octanol–water partition coefficient (Wildman–Crippen LogP) is 6.62. The molecule has 0 aliphatic heterocycles. The van der Waals surface area contributed by atoms with Crippen LogP contribution in [0.15, 0.2) is 97.1 Å². The molecule has 33 heavy (non-hydrogen) atoms. The molecular weight excluding hydrogens is 430 g/mol. The summed E-state index contributed by atoms with van der Waals surface area (Å²) < 4.78 is 0. The number of fused-ring (bicyclic) bond motifs is 2. The van der Waals surface area contributed by atoms with Gasteiger partial charge >= 0.3 is 0 Å². The average Bonchev–Trinajstić information content (AvgIpc) is 2.88. The van der Waals surface area contributed by atoms with Crippen LogP contribution in [0.4, 0.5) is 0 Å². The lowest BCUT2D eigenvalue weighted by Gasteiger charge is -2.10. The molecule has 0 N–H and O–H groups in total. The Balaban J connectivity index is 1.63. The topological polar surface area (TPSA) is 64.5 Å². The number of rotatable bonds is 3. The fraction of sp³-hybridized carbons (Fsp3) is 0. The van der Waals surface area contributed by atoms with E-state index in [1.54, 1.807) is 0 Å². The normalized spacial score (nSPS) is 11.2. The lowest BCUT2D eigenvalue weighted by Crippen LogP contribution is -2.02. The Morgan fingerprint density at radius 2 is 1.12 bits per heavy atom. The SMILES string of the molecule is Clc1nc2ccccc2nc1-c1nc(-c2ccccc2)nc(-c2cccc3ccccc23)n1. The van der Waals surface area contributed by atoms with Gasteiger partial charge < -0.3 is 0 Å². The van der Waals surface area contributed by atoms with Crippen LogP contribution in [0, 0.1) is 0 Å². The first kappa shape index (κ1) is 19.5. The van der Waals surface area contributed by atoms with E-state index in [4.69, 9.17) is 31.5 Å². The molecule has 6 aromatic rings. The first-order valence-corrected chi connectivity index (χ1v) is 10.9. The molecule has 0 bridgehead atoms. The second-order valence-corrected chi connectivity index (χ2v) is 7.91. The van der Waals surface area contributed by atoms with Crippen molar-refractivity contribution in [3.05, 3.63) is 102 Å². The van der Waals surface area contributed by atoms with Crippen LogP contribution in [-0.4, -0.2) is 24.9 Å². The molecule has 6 rings (SSSR count). The molecule has 156 valence electrons. The fourth-order valence-corrected chi connectivity index (χ4v) is 4.08. The molecule has 0 saturated heterocycles. The summed E-state index contributed by atoms with van der Waals surface area (Å²) in [5.41, 5.74) is 3.67. The molecular formula is C27H16ClN5. The van der Waals surface area contributed by atoms with E-state index in [-0.39, 0.29) is 5.15 Å². The number of para-hydroxylation sites is 2. The fourth-order valence-electron chi connectivity index (χ4n) is 3.86. The van der Waals surface area contributed by atoms with Crippen LogP contribution in [0.3, 0.4) is 0 Å². The Bertz CT molecular complexity index is 1630. The highest BCUT2D eigenvalue weighted by atomic mass is 35.5. The summed E-state index contributed by atoms with van der Waals surface area (Å²) in [4.78, 5) is 23.6. The van der Waals surface area contributed by atoms with Gasteiger partial charge in [-0.05, 0) is 22.9 Å². The van der Waals surface area contributed by atoms with E-state index in [9.17, 15) is 0 Å². The highest BCUT2D eigenvalue weighted by Crippen LogP contribution is 2.31. The Morgan fingerprint density at radius 1 is 0.485 bits per heavy atom. The first-order chi connectivity index (χ1) is 16.3. The van der Waals surface area contributed by atoms with Crippen LogP contribution in [0.25, 0.3) is 56.1 Å². The number of hydrogen-bond donors (Lipinski definition) is 0. The summed E-state index contributed by atoms with van der Waals surface area (Å²) in [6.45, 7) is 0. The average molecular weight is 446 g/mol. The molecule has 0 fully saturated rings. The van der Waals surface area contributed by atoms with Crippen molar-refractivity contribution in [2.75, 3.05) is 0 Å². The van der Waals surface area contributed by atoms with Gasteiger partial charge in [-0.15, -0.1) is 0 Å². The van der Waals surface area contributed by atoms with Crippen LogP contribution in [0.1, 0.15) is 0 Å². The second kappa shape index (κ2) is 8.04. The van der Waals surface area contributed by atoms with Gasteiger partial charge in [0.2, 0.25) is 0 Å². The summed E-state index contributed by atoms with van der Waals surface area (Å²) in [5.74, 6) is 1.49. The standard InChI is InChI=1S/C27H16ClN5/c28-24-23(29-21-15-6-7-16-22(21)30-24)27-32-25(18-10-2-1-3-11-18)31-26(33-27)20-14-8-12-17-9-4-5-13-19(17)20/h1-16H. The molecule has 0 unspecified atom stereocenters. The van der Waals surface area contributed by atoms with Gasteiger partial charge in [-0.2, -0.15) is 0 Å². The van der Waals surface area contributed by atoms with Crippen molar-refractivity contribution in [3.63, 3.8) is 0 Å². The van der Waals surface area contributed by atoms with Crippen molar-refractivity contribution in [3.8, 4) is 34.3 Å². The Morgan fingerprint density at radius 3 is 1.97 bits per heavy atom. The molecule has 5 nitrogen and oxygen atoms in total. The van der Waals surface area contributed by atoms with Crippen molar-refractivity contribution in [2.24, 2.45) is 0 Å². The maximum absolute atomic E-state index is 6.56. The maximum Gasteiger partial charge on any atom is 0.185 e. The Labute approximate surface area is 194 Å². The van der Waals surface area contributed by atoms with Gasteiger partial charge in [0.1, 0.15) is 5.69 Å². The molecule has 2 heterocycles. The minimum absolute atomic E-state index is 0.253. The van der Waals surface area contributed by atoms with Gasteiger partial charge in [-0.1, -0.05) is 96.5 Å². The van der Waals surface area contributed by atoms with Gasteiger partial charge in [0.25, 0.3) is 0 Å². The quantitative estimate of drug-likeness (QED) is 0.306. The third kappa shape index (κ3) is 3.58. The molecule has 0 atom stereocenters. The van der Waals surface area contributed by atoms with Gasteiger partial charge in [0, 0.05) is 11.1 Å². The zero-order chi connectivity index (χ0) is 22.2. The van der Waals surface area contributed by atoms with Crippen LogP contribution in [-0.2, 0) is 0 Å². The molecule has 0 aliphatic carbocycles. The lowest BCUT2D eigenvalue weighted by atomic mass is 10.0. The molecule has 4 aromatic carbocycles. The van der Waals surface area contributed by atoms with Crippen LogP contribution < -0.4 is 0 Å². The number of benzene rings is 4. The number of halogens is 1. The number of aromatic nitrogens is 5. The Kier molecular flexibility index (Phi) is 4.74. The Hall–Kier alpha value is -4.22. The summed E-state index contributed by atoms with van der Waals surface area (Å²) in [7, 11) is 0. The lowest BCUT2D eigenvalue weighted by molar-refractivity contribution is 1.06. The van der Waals surface area contributed by atoms with Crippen molar-refractivity contribution in [2.45, 2.75) is 0 Å². The third-order valence-corrected chi connectivity index (χ3v) is 5.70. The summed E-state index contributed by atoms with van der Waals surface area (Å²) in [6.07, 6.45) is 0. The molecule has 2 aromatic heterocycles. The third-order valence-electron chi connectivity index (χ3n) is 5.44. The maximum atomic E-state index is 6.56. The predicted molar refractivity (Wildman–Crippen MR) is 132 cm³/mol. The van der Waals surface area contributed by atoms with E-state index in [1.807, 2.05) is 78.9 Å². The van der Waals surface area contributed by atoms with Gasteiger partial charge in [-0.25, -0.2) is 24.9 Å². The minimum Gasteiger partial charge on any atom is -0.240 e. The number of hydrogen-bond acceptors (Lipinski definition) is 5. The van der Waals surface area contributed by atoms with Crippen molar-refractivity contribution in [1.82, 2.24) is 24.9 Å². The van der Waals surface area contributed by atoms with E-state index in [2.05, 4.69) is 23.2 Å². The second-order valence-electron chi connectivity index (χ2n) is 7.55. The van der Waals surface area contributed by atoms with Gasteiger partial charge in [0.05, 0.1) is 11.0 Å². The molecule has 0 spiro atoms. The molecule has 0 aliphatic rings. The van der Waals surface area contributed by atoms with Crippen molar-refractivity contribution >= 4 is 33.4 Å². The van der Waals surface area contributed by atoms with E-state index in [1.165, 1.54) is 0 Å². The first-order valence-electron chi connectivity index (χ1n) is 10.5. The van der Waals surface area contributed by atoms with Gasteiger partial charge in [-0.3, -0.25) is 0 Å². The van der Waals surface area contributed by atoms with Gasteiger partial charge in [0.15, 0.2) is 22.6 Å².